The van der Waals surface area contributed by atoms with Gasteiger partial charge in [0.05, 0.1) is 0 Å². The van der Waals surface area contributed by atoms with E-state index >= 15 is 0 Å². The van der Waals surface area contributed by atoms with Gasteiger partial charge in [0.25, 0.3) is 0 Å². The van der Waals surface area contributed by atoms with Gasteiger partial charge in [0.15, 0.2) is 0 Å². The Balaban J connectivity index is 3.30. The van der Waals surface area contributed by atoms with Crippen LogP contribution in [0.25, 0.3) is 0 Å². The van der Waals surface area contributed by atoms with Gasteiger partial charge < -0.3 is 4.79 Å². The lowest BCUT2D eigenvalue weighted by molar-refractivity contribution is -0.117. The maximum atomic E-state index is 10.8. The summed E-state index contributed by atoms with van der Waals surface area (Å²) in [6.45, 7) is 3.92. The molecule has 0 aliphatic rings. The van der Waals surface area contributed by atoms with Crippen molar-refractivity contribution in [3.8, 4) is 0 Å². The highest BCUT2D eigenvalue weighted by Gasteiger charge is 1.89. The van der Waals surface area contributed by atoms with Crippen molar-refractivity contribution in [2.24, 2.45) is 0 Å². The Morgan fingerprint density at radius 3 is 1.77 bits per heavy atom. The molecule has 0 atom stereocenters. The average Bonchev–Trinajstić information content (AvgIpc) is 2.50. The zero-order chi connectivity index (χ0) is 16.3. The zero-order valence-corrected chi connectivity index (χ0v) is 14.9. The minimum Gasteiger partial charge on any atom is -0.300 e. The van der Waals surface area contributed by atoms with Gasteiger partial charge in [-0.25, -0.2) is 0 Å². The molecule has 0 saturated heterocycles. The molecule has 0 rings (SSSR count). The fourth-order valence-corrected chi connectivity index (χ4v) is 2.29. The fourth-order valence-electron chi connectivity index (χ4n) is 2.29. The van der Waals surface area contributed by atoms with E-state index in [1.807, 2.05) is 0 Å². The summed E-state index contributed by atoms with van der Waals surface area (Å²) in [5.41, 5.74) is 0. The lowest BCUT2D eigenvalue weighted by atomic mass is 10.1. The number of allylic oxidation sites excluding steroid dienone is 6. The van der Waals surface area contributed by atoms with Crippen LogP contribution in [0, 0.1) is 0 Å². The van der Waals surface area contributed by atoms with E-state index in [9.17, 15) is 4.79 Å². The molecular formula is C21H36O. The third kappa shape index (κ3) is 18.9. The van der Waals surface area contributed by atoms with Crippen molar-refractivity contribution in [1.82, 2.24) is 0 Å². The third-order valence-corrected chi connectivity index (χ3v) is 3.67. The summed E-state index contributed by atoms with van der Waals surface area (Å²) in [4.78, 5) is 10.8. The molecule has 22 heavy (non-hydrogen) atoms. The number of hydrogen-bond acceptors (Lipinski definition) is 1. The van der Waals surface area contributed by atoms with Crippen molar-refractivity contribution in [1.29, 1.82) is 0 Å². The number of unbranched alkanes of at least 4 members (excludes halogenated alkanes) is 7. The second kappa shape index (κ2) is 17.9. The van der Waals surface area contributed by atoms with Gasteiger partial charge >= 0.3 is 0 Å². The maximum absolute atomic E-state index is 10.8. The molecule has 126 valence electrons. The van der Waals surface area contributed by atoms with E-state index in [4.69, 9.17) is 0 Å². The summed E-state index contributed by atoms with van der Waals surface area (Å²) in [6, 6.07) is 0. The molecule has 0 aromatic heterocycles. The predicted molar refractivity (Wildman–Crippen MR) is 99.2 cm³/mol. The lowest BCUT2D eigenvalue weighted by Crippen LogP contribution is -1.87. The van der Waals surface area contributed by atoms with Crippen LogP contribution in [0.3, 0.4) is 0 Å². The molecule has 0 saturated carbocycles. The highest BCUT2D eigenvalue weighted by molar-refractivity contribution is 5.75. The van der Waals surface area contributed by atoms with Gasteiger partial charge in [-0.15, -0.1) is 0 Å². The minimum atomic E-state index is 0.293. The van der Waals surface area contributed by atoms with Crippen LogP contribution in [-0.4, -0.2) is 5.78 Å². The van der Waals surface area contributed by atoms with E-state index in [0.717, 1.165) is 25.7 Å². The first-order valence-corrected chi connectivity index (χ1v) is 9.21. The van der Waals surface area contributed by atoms with Crippen LogP contribution < -0.4 is 0 Å². The Hall–Kier alpha value is -1.11. The third-order valence-electron chi connectivity index (χ3n) is 3.67. The predicted octanol–water partition coefficient (Wildman–Crippen LogP) is 6.95. The Morgan fingerprint density at radius 2 is 1.18 bits per heavy atom. The smallest absolute Gasteiger partial charge is 0.129 e. The lowest BCUT2D eigenvalue weighted by Gasteiger charge is -1.97. The van der Waals surface area contributed by atoms with Gasteiger partial charge in [-0.2, -0.15) is 0 Å². The molecule has 0 heterocycles. The highest BCUT2D eigenvalue weighted by Crippen LogP contribution is 2.07. The van der Waals surface area contributed by atoms with Crippen molar-refractivity contribution < 1.29 is 4.79 Å². The topological polar surface area (TPSA) is 17.1 Å². The van der Waals surface area contributed by atoms with Gasteiger partial charge in [0, 0.05) is 6.42 Å². The van der Waals surface area contributed by atoms with E-state index in [0.29, 0.717) is 12.2 Å². The average molecular weight is 305 g/mol. The highest BCUT2D eigenvalue weighted by atomic mass is 16.1. The first-order valence-electron chi connectivity index (χ1n) is 9.21. The molecule has 0 aliphatic heterocycles. The number of carbonyl (C=O) groups excluding carboxylic acids is 1. The van der Waals surface area contributed by atoms with E-state index in [-0.39, 0.29) is 0 Å². The SMILES string of the molecule is CCCCCCCC/C=C\C/C=C\C/C=C\CCCC(C)=O. The fraction of sp³-hybridized carbons (Fsp3) is 0.667. The Labute approximate surface area is 138 Å². The van der Waals surface area contributed by atoms with Crippen LogP contribution in [0.2, 0.25) is 0 Å². The Morgan fingerprint density at radius 1 is 0.682 bits per heavy atom. The number of ketones is 1. The largest absolute Gasteiger partial charge is 0.300 e. The molecule has 0 fully saturated rings. The van der Waals surface area contributed by atoms with Gasteiger partial charge in [0.2, 0.25) is 0 Å². The number of Topliss-reactive ketones (excluding diaryl/α,β-unsaturated/α-hetero) is 1. The van der Waals surface area contributed by atoms with Crippen molar-refractivity contribution in [3.63, 3.8) is 0 Å². The Bertz CT molecular complexity index is 323. The summed E-state index contributed by atoms with van der Waals surface area (Å²) in [7, 11) is 0. The van der Waals surface area contributed by atoms with Gasteiger partial charge in [-0.05, 0) is 45.4 Å². The first-order chi connectivity index (χ1) is 10.8. The molecule has 0 bridgehead atoms. The monoisotopic (exact) mass is 304 g/mol. The van der Waals surface area contributed by atoms with Crippen LogP contribution in [0.1, 0.15) is 90.9 Å². The van der Waals surface area contributed by atoms with Crippen molar-refractivity contribution in [2.75, 3.05) is 0 Å². The summed E-state index contributed by atoms with van der Waals surface area (Å²) in [5, 5.41) is 0. The van der Waals surface area contributed by atoms with Crippen molar-refractivity contribution in [2.45, 2.75) is 90.9 Å². The zero-order valence-electron chi connectivity index (χ0n) is 14.9. The summed E-state index contributed by atoms with van der Waals surface area (Å²) >= 11 is 0. The molecule has 1 heteroatoms. The van der Waals surface area contributed by atoms with Crippen molar-refractivity contribution >= 4 is 5.78 Å². The van der Waals surface area contributed by atoms with E-state index in [1.54, 1.807) is 6.92 Å². The van der Waals surface area contributed by atoms with Crippen LogP contribution >= 0.6 is 0 Å². The van der Waals surface area contributed by atoms with E-state index < -0.39 is 0 Å². The molecule has 0 aromatic carbocycles. The summed E-state index contributed by atoms with van der Waals surface area (Å²) in [6.07, 6.45) is 27.7. The molecule has 0 spiro atoms. The van der Waals surface area contributed by atoms with Crippen LogP contribution in [0.15, 0.2) is 36.5 Å². The standard InChI is InChI=1S/C21H36O/c1-3-4-5-6-7-8-9-10-11-12-13-14-15-16-17-18-19-20-21(2)22/h10-11,13-14,16-17H,3-9,12,15,18-20H2,1-2H3/b11-10-,14-13-,17-16-. The molecule has 1 nitrogen and oxygen atoms in total. The van der Waals surface area contributed by atoms with E-state index in [2.05, 4.69) is 43.4 Å². The molecule has 0 amide bonds. The normalized spacial score (nSPS) is 12.1. The van der Waals surface area contributed by atoms with Crippen LogP contribution in [-0.2, 0) is 4.79 Å². The molecule has 0 unspecified atom stereocenters. The van der Waals surface area contributed by atoms with Gasteiger partial charge in [-0.3, -0.25) is 0 Å². The van der Waals surface area contributed by atoms with Gasteiger partial charge in [0.1, 0.15) is 5.78 Å². The number of rotatable bonds is 15. The minimum absolute atomic E-state index is 0.293. The molecule has 0 radical (unpaired) electrons. The first kappa shape index (κ1) is 20.9. The second-order valence-corrected chi connectivity index (χ2v) is 6.04. The molecular weight excluding hydrogens is 268 g/mol. The van der Waals surface area contributed by atoms with Crippen molar-refractivity contribution in [3.05, 3.63) is 36.5 Å². The molecule has 0 N–H and O–H groups in total. The number of hydrogen-bond donors (Lipinski definition) is 0. The van der Waals surface area contributed by atoms with E-state index in [1.165, 1.54) is 44.9 Å². The molecule has 0 aliphatic carbocycles. The van der Waals surface area contributed by atoms with Gasteiger partial charge in [-0.1, -0.05) is 75.5 Å². The Kier molecular flexibility index (Phi) is 17.0. The summed E-state index contributed by atoms with van der Waals surface area (Å²) in [5.74, 6) is 0.293. The maximum Gasteiger partial charge on any atom is 0.129 e. The quantitative estimate of drug-likeness (QED) is 0.236. The van der Waals surface area contributed by atoms with Crippen LogP contribution in [0.5, 0.6) is 0 Å². The summed E-state index contributed by atoms with van der Waals surface area (Å²) < 4.78 is 0. The van der Waals surface area contributed by atoms with Crippen LogP contribution in [0.4, 0.5) is 0 Å². The second-order valence-electron chi connectivity index (χ2n) is 6.04. The molecule has 0 aromatic rings. The number of carbonyl (C=O) groups is 1.